The standard InChI is InChI=1S/C13H25AsN4/c1-3-4-7-18-12(5-6-15-13(18)14)17-10-8-16(2)9-11-17/h5-6,12H,3-4,7-11,14H2,1-2H3. The average molecular weight is 312 g/mol. The molecule has 0 aliphatic carbocycles. The molecule has 102 valence electrons. The molecule has 2 aliphatic heterocycles. The average Bonchev–Trinajstić information content (AvgIpc) is 2.38. The first-order valence-electron chi connectivity index (χ1n) is 6.91. The molecule has 4 nitrogen and oxygen atoms in total. The van der Waals surface area contributed by atoms with Gasteiger partial charge >= 0.3 is 119 Å². The monoisotopic (exact) mass is 312 g/mol. The molecular weight excluding hydrogens is 287 g/mol. The van der Waals surface area contributed by atoms with Gasteiger partial charge in [-0.25, -0.2) is 0 Å². The third kappa shape index (κ3) is 3.37. The molecule has 2 atom stereocenters. The van der Waals surface area contributed by atoms with Gasteiger partial charge in [-0.1, -0.05) is 0 Å². The second-order valence-corrected chi connectivity index (χ2v) is 6.21. The van der Waals surface area contributed by atoms with E-state index in [4.69, 9.17) is 0 Å². The van der Waals surface area contributed by atoms with Gasteiger partial charge in [0.1, 0.15) is 0 Å². The van der Waals surface area contributed by atoms with Crippen LogP contribution < -0.4 is 0 Å². The fraction of sp³-hybridized carbons (Fsp3) is 0.769. The van der Waals surface area contributed by atoms with Gasteiger partial charge in [0.2, 0.25) is 0 Å². The number of amidine groups is 1. The van der Waals surface area contributed by atoms with Gasteiger partial charge in [0.25, 0.3) is 0 Å². The Hall–Kier alpha value is -0.312. The van der Waals surface area contributed by atoms with Crippen LogP contribution in [0.5, 0.6) is 0 Å². The van der Waals surface area contributed by atoms with Crippen LogP contribution in [0.4, 0.5) is 0 Å². The van der Waals surface area contributed by atoms with Gasteiger partial charge < -0.3 is 0 Å². The third-order valence-corrected chi connectivity index (χ3v) is 4.75. The Morgan fingerprint density at radius 2 is 2.06 bits per heavy atom. The number of aliphatic imine (C=N–C) groups is 1. The Kier molecular flexibility index (Phi) is 5.28. The van der Waals surface area contributed by atoms with E-state index in [2.05, 4.69) is 39.7 Å². The van der Waals surface area contributed by atoms with Crippen LogP contribution in [0.15, 0.2) is 17.3 Å². The molecule has 2 aliphatic rings. The third-order valence-electron chi connectivity index (χ3n) is 3.74. The molecule has 0 aromatic carbocycles. The minimum atomic E-state index is 0.435. The summed E-state index contributed by atoms with van der Waals surface area (Å²) < 4.78 is 1.22. The number of unbranched alkanes of at least 4 members (excludes halogenated alkanes) is 1. The van der Waals surface area contributed by atoms with Crippen molar-refractivity contribution in [2.45, 2.75) is 25.9 Å². The molecule has 2 heterocycles. The SMILES string of the molecule is CCCCN1C([AsH2])=NC=CC1N1CCN(C)CC1. The van der Waals surface area contributed by atoms with E-state index in [1.165, 1.54) is 30.6 Å². The van der Waals surface area contributed by atoms with E-state index in [0.29, 0.717) is 6.17 Å². The van der Waals surface area contributed by atoms with Gasteiger partial charge in [-0.15, -0.1) is 0 Å². The molecule has 1 saturated heterocycles. The molecule has 0 spiro atoms. The summed E-state index contributed by atoms with van der Waals surface area (Å²) in [6.45, 7) is 8.06. The van der Waals surface area contributed by atoms with Crippen LogP contribution in [0, 0.1) is 0 Å². The quantitative estimate of drug-likeness (QED) is 0.692. The van der Waals surface area contributed by atoms with Crippen LogP contribution in [0.1, 0.15) is 19.8 Å². The second kappa shape index (κ2) is 6.74. The molecule has 0 amide bonds. The van der Waals surface area contributed by atoms with Gasteiger partial charge in [0.15, 0.2) is 0 Å². The van der Waals surface area contributed by atoms with Gasteiger partial charge in [0, 0.05) is 0 Å². The van der Waals surface area contributed by atoms with E-state index in [1.807, 2.05) is 6.20 Å². The zero-order valence-electron chi connectivity index (χ0n) is 11.5. The van der Waals surface area contributed by atoms with E-state index in [-0.39, 0.29) is 0 Å². The predicted molar refractivity (Wildman–Crippen MR) is 79.6 cm³/mol. The summed E-state index contributed by atoms with van der Waals surface area (Å²) in [4.78, 5) is 11.9. The maximum atomic E-state index is 4.48. The summed E-state index contributed by atoms with van der Waals surface area (Å²) in [5.74, 6) is 0. The van der Waals surface area contributed by atoms with Crippen molar-refractivity contribution in [1.82, 2.24) is 14.7 Å². The molecule has 18 heavy (non-hydrogen) atoms. The fourth-order valence-electron chi connectivity index (χ4n) is 2.49. The molecule has 2 unspecified atom stereocenters. The van der Waals surface area contributed by atoms with E-state index >= 15 is 0 Å². The summed E-state index contributed by atoms with van der Waals surface area (Å²) in [5.41, 5.74) is 0. The first-order valence-corrected chi connectivity index (χ1v) is 8.12. The van der Waals surface area contributed by atoms with Crippen molar-refractivity contribution < 1.29 is 0 Å². The maximum absolute atomic E-state index is 4.48. The molecule has 0 aromatic heterocycles. The van der Waals surface area contributed by atoms with Crippen LogP contribution in [0.25, 0.3) is 0 Å². The normalized spacial score (nSPS) is 26.5. The number of nitrogens with zero attached hydrogens (tertiary/aromatic N) is 4. The van der Waals surface area contributed by atoms with Crippen LogP contribution in [0.3, 0.4) is 0 Å². The molecule has 2 rings (SSSR count). The zero-order valence-corrected chi connectivity index (χ0v) is 14.0. The summed E-state index contributed by atoms with van der Waals surface area (Å²) in [7, 11) is 2.21. The van der Waals surface area contributed by atoms with Crippen LogP contribution >= 0.6 is 0 Å². The predicted octanol–water partition coefficient (Wildman–Crippen LogP) is 0.178. The Balaban J connectivity index is 2.00. The number of likely N-dealkylation sites (N-methyl/N-ethyl adjacent to an activating group) is 1. The van der Waals surface area contributed by atoms with Crippen molar-refractivity contribution in [3.05, 3.63) is 12.3 Å². The Morgan fingerprint density at radius 1 is 1.33 bits per heavy atom. The molecule has 1 fully saturated rings. The van der Waals surface area contributed by atoms with Crippen molar-refractivity contribution in [2.24, 2.45) is 4.99 Å². The van der Waals surface area contributed by atoms with Gasteiger partial charge in [-0.2, -0.15) is 0 Å². The Labute approximate surface area is 119 Å². The van der Waals surface area contributed by atoms with E-state index < -0.39 is 0 Å². The van der Waals surface area contributed by atoms with Crippen molar-refractivity contribution in [2.75, 3.05) is 39.8 Å². The second-order valence-electron chi connectivity index (χ2n) is 5.13. The number of rotatable bonds is 4. The zero-order chi connectivity index (χ0) is 13.0. The molecule has 0 N–H and O–H groups in total. The summed E-state index contributed by atoms with van der Waals surface area (Å²) >= 11 is 1.64. The number of piperazine rings is 1. The van der Waals surface area contributed by atoms with E-state index in [1.54, 1.807) is 16.9 Å². The number of hydrogen-bond donors (Lipinski definition) is 0. The Bertz CT molecular complexity index is 321. The fourth-order valence-corrected chi connectivity index (χ4v) is 3.26. The topological polar surface area (TPSA) is 22.1 Å². The van der Waals surface area contributed by atoms with Crippen molar-refractivity contribution >= 4 is 21.5 Å². The molecule has 0 aromatic rings. The van der Waals surface area contributed by atoms with Gasteiger partial charge in [0.05, 0.1) is 0 Å². The summed E-state index contributed by atoms with van der Waals surface area (Å²) in [5, 5.41) is 0. The van der Waals surface area contributed by atoms with Crippen molar-refractivity contribution in [3.8, 4) is 0 Å². The molecule has 0 radical (unpaired) electrons. The van der Waals surface area contributed by atoms with E-state index in [0.717, 1.165) is 19.6 Å². The number of hydrogen-bond acceptors (Lipinski definition) is 4. The van der Waals surface area contributed by atoms with Crippen LogP contribution in [-0.2, 0) is 0 Å². The van der Waals surface area contributed by atoms with Crippen LogP contribution in [0.2, 0.25) is 0 Å². The van der Waals surface area contributed by atoms with Gasteiger partial charge in [-0.05, 0) is 0 Å². The molecule has 0 bridgehead atoms. The van der Waals surface area contributed by atoms with Crippen LogP contribution in [-0.4, -0.2) is 82.1 Å². The van der Waals surface area contributed by atoms with Crippen molar-refractivity contribution in [1.29, 1.82) is 0 Å². The summed E-state index contributed by atoms with van der Waals surface area (Å²) in [6.07, 6.45) is 7.17. The molecular formula is C13H25AsN4. The van der Waals surface area contributed by atoms with Crippen molar-refractivity contribution in [3.63, 3.8) is 0 Å². The Morgan fingerprint density at radius 3 is 2.72 bits per heavy atom. The van der Waals surface area contributed by atoms with E-state index in [9.17, 15) is 0 Å². The molecule has 5 heteroatoms. The summed E-state index contributed by atoms with van der Waals surface area (Å²) in [6, 6.07) is 0. The first-order chi connectivity index (χ1) is 8.72. The first kappa shape index (κ1) is 14.1. The minimum absolute atomic E-state index is 0.435. The van der Waals surface area contributed by atoms with Gasteiger partial charge in [-0.3, -0.25) is 0 Å². The molecule has 0 saturated carbocycles.